The first-order chi connectivity index (χ1) is 13.5. The van der Waals surface area contributed by atoms with Crippen LogP contribution in [0.2, 0.25) is 0 Å². The summed E-state index contributed by atoms with van der Waals surface area (Å²) in [7, 11) is 0. The predicted molar refractivity (Wildman–Crippen MR) is 107 cm³/mol. The van der Waals surface area contributed by atoms with Crippen molar-refractivity contribution in [2.75, 3.05) is 37.7 Å². The Morgan fingerprint density at radius 1 is 1.11 bits per heavy atom. The molecule has 0 aliphatic carbocycles. The molecule has 0 saturated carbocycles. The Kier molecular flexibility index (Phi) is 4.85. The van der Waals surface area contributed by atoms with Crippen LogP contribution in [0.1, 0.15) is 18.2 Å². The Hall–Kier alpha value is -3.16. The van der Waals surface area contributed by atoms with Crippen molar-refractivity contribution in [2.45, 2.75) is 20.8 Å². The zero-order chi connectivity index (χ0) is 19.7. The third-order valence-corrected chi connectivity index (χ3v) is 4.83. The zero-order valence-electron chi connectivity index (χ0n) is 16.4. The van der Waals surface area contributed by atoms with Gasteiger partial charge in [-0.1, -0.05) is 23.8 Å². The average Bonchev–Trinajstić information content (AvgIpc) is 3.11. The largest absolute Gasteiger partial charge is 0.450 e. The highest BCUT2D eigenvalue weighted by Crippen LogP contribution is 2.22. The number of anilines is 1. The fourth-order valence-corrected chi connectivity index (χ4v) is 3.43. The second kappa shape index (κ2) is 7.46. The number of hydrogen-bond acceptors (Lipinski definition) is 6. The average molecular weight is 380 g/mol. The number of piperazine rings is 1. The summed E-state index contributed by atoms with van der Waals surface area (Å²) in [6.45, 7) is 8.86. The van der Waals surface area contributed by atoms with Crippen molar-refractivity contribution in [3.8, 4) is 11.4 Å². The van der Waals surface area contributed by atoms with Gasteiger partial charge in [0.05, 0.1) is 6.61 Å². The normalized spacial score (nSPS) is 14.5. The van der Waals surface area contributed by atoms with Crippen molar-refractivity contribution in [1.82, 2.24) is 24.5 Å². The van der Waals surface area contributed by atoms with E-state index < -0.39 is 0 Å². The predicted octanol–water partition coefficient (Wildman–Crippen LogP) is 2.69. The zero-order valence-corrected chi connectivity index (χ0v) is 16.4. The van der Waals surface area contributed by atoms with Gasteiger partial charge in [0.25, 0.3) is 5.78 Å². The van der Waals surface area contributed by atoms with E-state index in [2.05, 4.69) is 33.9 Å². The lowest BCUT2D eigenvalue weighted by Crippen LogP contribution is -2.49. The second-order valence-corrected chi connectivity index (χ2v) is 6.95. The van der Waals surface area contributed by atoms with Crippen molar-refractivity contribution in [1.29, 1.82) is 0 Å². The molecule has 8 nitrogen and oxygen atoms in total. The Bertz CT molecular complexity index is 1010. The van der Waals surface area contributed by atoms with Crippen molar-refractivity contribution in [2.24, 2.45) is 0 Å². The number of aromatic nitrogens is 4. The van der Waals surface area contributed by atoms with Crippen molar-refractivity contribution in [3.63, 3.8) is 0 Å². The molecule has 0 atom stereocenters. The maximum absolute atomic E-state index is 11.9. The fraction of sp³-hybridized carbons (Fsp3) is 0.400. The molecule has 0 radical (unpaired) electrons. The molecule has 1 saturated heterocycles. The van der Waals surface area contributed by atoms with Crippen LogP contribution in [0.15, 0.2) is 30.3 Å². The minimum Gasteiger partial charge on any atom is -0.450 e. The maximum atomic E-state index is 11.9. The van der Waals surface area contributed by atoms with Crippen molar-refractivity contribution in [3.05, 3.63) is 41.6 Å². The van der Waals surface area contributed by atoms with Gasteiger partial charge in [-0.15, -0.1) is 5.10 Å². The highest BCUT2D eigenvalue weighted by atomic mass is 16.6. The van der Waals surface area contributed by atoms with E-state index in [0.717, 1.165) is 22.6 Å². The van der Waals surface area contributed by atoms with Gasteiger partial charge >= 0.3 is 6.09 Å². The van der Waals surface area contributed by atoms with E-state index in [9.17, 15) is 4.79 Å². The number of carbonyl (C=O) groups is 1. The molecular weight excluding hydrogens is 356 g/mol. The molecule has 8 heteroatoms. The topological polar surface area (TPSA) is 75.9 Å². The molecule has 0 spiro atoms. The molecule has 0 N–H and O–H groups in total. The number of amides is 1. The molecule has 1 amide bonds. The number of carbonyl (C=O) groups excluding carboxylic acids is 1. The van der Waals surface area contributed by atoms with E-state index in [0.29, 0.717) is 44.4 Å². The van der Waals surface area contributed by atoms with E-state index in [1.807, 2.05) is 32.0 Å². The van der Waals surface area contributed by atoms with E-state index in [4.69, 9.17) is 9.84 Å². The third kappa shape index (κ3) is 3.49. The van der Waals surface area contributed by atoms with Gasteiger partial charge in [-0.3, -0.25) is 0 Å². The van der Waals surface area contributed by atoms with E-state index in [-0.39, 0.29) is 6.09 Å². The first kappa shape index (κ1) is 18.2. The summed E-state index contributed by atoms with van der Waals surface area (Å²) in [5.41, 5.74) is 3.02. The highest BCUT2D eigenvalue weighted by Gasteiger charge is 2.24. The first-order valence-electron chi connectivity index (χ1n) is 9.53. The summed E-state index contributed by atoms with van der Waals surface area (Å²) < 4.78 is 6.90. The van der Waals surface area contributed by atoms with Gasteiger partial charge in [-0.25, -0.2) is 9.78 Å². The summed E-state index contributed by atoms with van der Waals surface area (Å²) in [6.07, 6.45) is -0.249. The minimum atomic E-state index is -0.249. The van der Waals surface area contributed by atoms with Gasteiger partial charge in [-0.05, 0) is 26.8 Å². The molecule has 146 valence electrons. The lowest BCUT2D eigenvalue weighted by atomic mass is 10.1. The van der Waals surface area contributed by atoms with Gasteiger partial charge < -0.3 is 14.5 Å². The molecule has 4 rings (SSSR count). The van der Waals surface area contributed by atoms with Crippen molar-refractivity contribution < 1.29 is 9.53 Å². The van der Waals surface area contributed by atoms with Crippen LogP contribution in [0.4, 0.5) is 10.6 Å². The van der Waals surface area contributed by atoms with Crippen LogP contribution in [0.3, 0.4) is 0 Å². The van der Waals surface area contributed by atoms with Gasteiger partial charge in [0.2, 0.25) is 0 Å². The number of fused-ring (bicyclic) bond motifs is 1. The van der Waals surface area contributed by atoms with Crippen LogP contribution < -0.4 is 4.90 Å². The lowest BCUT2D eigenvalue weighted by molar-refractivity contribution is 0.105. The molecular formula is C20H24N6O2. The van der Waals surface area contributed by atoms with E-state index in [1.165, 1.54) is 0 Å². The Morgan fingerprint density at radius 3 is 2.61 bits per heavy atom. The number of hydrogen-bond donors (Lipinski definition) is 0. The smallest absolute Gasteiger partial charge is 0.409 e. The fourth-order valence-electron chi connectivity index (χ4n) is 3.43. The van der Waals surface area contributed by atoms with Crippen LogP contribution in [0.25, 0.3) is 17.2 Å². The molecule has 1 aliphatic rings. The second-order valence-electron chi connectivity index (χ2n) is 6.95. The van der Waals surface area contributed by atoms with Crippen molar-refractivity contribution >= 4 is 17.7 Å². The summed E-state index contributed by atoms with van der Waals surface area (Å²) in [4.78, 5) is 25.1. The van der Waals surface area contributed by atoms with Crippen LogP contribution in [0.5, 0.6) is 0 Å². The number of rotatable bonds is 3. The van der Waals surface area contributed by atoms with Crippen LogP contribution in [-0.2, 0) is 4.74 Å². The van der Waals surface area contributed by atoms with Gasteiger partial charge in [0, 0.05) is 43.5 Å². The Morgan fingerprint density at radius 2 is 1.89 bits per heavy atom. The molecule has 0 bridgehead atoms. The highest BCUT2D eigenvalue weighted by molar-refractivity contribution is 5.68. The van der Waals surface area contributed by atoms with Crippen LogP contribution in [-0.4, -0.2) is 63.4 Å². The monoisotopic (exact) mass is 380 g/mol. The Balaban J connectivity index is 1.63. The maximum Gasteiger partial charge on any atom is 0.409 e. The van der Waals surface area contributed by atoms with Gasteiger partial charge in [-0.2, -0.15) is 9.50 Å². The number of nitrogens with zero attached hydrogens (tertiary/aromatic N) is 6. The summed E-state index contributed by atoms with van der Waals surface area (Å²) in [6, 6.07) is 10.1. The molecule has 3 heterocycles. The molecule has 2 aromatic heterocycles. The first-order valence-corrected chi connectivity index (χ1v) is 9.53. The number of benzene rings is 1. The Labute approximate surface area is 163 Å². The number of ether oxygens (including phenoxy) is 1. The minimum absolute atomic E-state index is 0.249. The SMILES string of the molecule is CCOC(=O)N1CCN(c2cc(C)nc3nc(-c4cccc(C)c4)nn23)CC1. The van der Waals surface area contributed by atoms with E-state index >= 15 is 0 Å². The molecule has 0 unspecified atom stereocenters. The molecule has 1 aliphatic heterocycles. The number of aryl methyl sites for hydroxylation is 2. The third-order valence-electron chi connectivity index (χ3n) is 4.83. The van der Waals surface area contributed by atoms with Crippen LogP contribution in [0, 0.1) is 13.8 Å². The molecule has 1 aromatic carbocycles. The van der Waals surface area contributed by atoms with Gasteiger partial charge in [0.15, 0.2) is 5.82 Å². The lowest BCUT2D eigenvalue weighted by Gasteiger charge is -2.35. The van der Waals surface area contributed by atoms with E-state index in [1.54, 1.807) is 9.42 Å². The molecule has 28 heavy (non-hydrogen) atoms. The summed E-state index contributed by atoms with van der Waals surface area (Å²) in [5, 5.41) is 4.72. The van der Waals surface area contributed by atoms with Crippen LogP contribution >= 0.6 is 0 Å². The summed E-state index contributed by atoms with van der Waals surface area (Å²) in [5.74, 6) is 2.19. The summed E-state index contributed by atoms with van der Waals surface area (Å²) >= 11 is 0. The quantitative estimate of drug-likeness (QED) is 0.695. The molecule has 1 fully saturated rings. The van der Waals surface area contributed by atoms with Gasteiger partial charge in [0.1, 0.15) is 5.82 Å². The molecule has 3 aromatic rings. The standard InChI is InChI=1S/C20H24N6O2/c1-4-28-20(27)25-10-8-24(9-11-25)17-13-15(3)21-19-22-18(23-26(17)19)16-7-5-6-14(2)12-16/h5-7,12-13H,4,8-11H2,1-3H3.